The molecule has 0 saturated carbocycles. The SMILES string of the molecule is C=CCNC(=S)[C@H](C(=O)c1ccc([N+](=O)[O-])cc1)[n+]1ccc(CCC)cc1. The Bertz CT molecular complexity index is 833. The van der Waals surface area contributed by atoms with Crippen LogP contribution >= 0.6 is 12.2 Å². The van der Waals surface area contributed by atoms with E-state index in [2.05, 4.69) is 18.8 Å². The normalized spacial score (nSPS) is 11.4. The third-order valence-corrected chi connectivity index (χ3v) is 4.41. The van der Waals surface area contributed by atoms with E-state index in [1.165, 1.54) is 29.8 Å². The Labute approximate surface area is 163 Å². The summed E-state index contributed by atoms with van der Waals surface area (Å²) in [6.07, 6.45) is 7.33. The van der Waals surface area contributed by atoms with Gasteiger partial charge >= 0.3 is 0 Å². The number of hydrogen-bond donors (Lipinski definition) is 1. The van der Waals surface area contributed by atoms with Crippen LogP contribution in [0.25, 0.3) is 0 Å². The zero-order valence-electron chi connectivity index (χ0n) is 15.1. The first kappa shape index (κ1) is 20.4. The Morgan fingerprint density at radius 3 is 2.44 bits per heavy atom. The highest BCUT2D eigenvalue weighted by atomic mass is 32.1. The van der Waals surface area contributed by atoms with Gasteiger partial charge in [0.05, 0.1) is 4.92 Å². The van der Waals surface area contributed by atoms with Crippen molar-refractivity contribution in [2.45, 2.75) is 25.8 Å². The number of rotatable bonds is 9. The molecule has 2 rings (SSSR count). The lowest BCUT2D eigenvalue weighted by molar-refractivity contribution is -0.692. The number of carbonyl (C=O) groups is 1. The molecule has 1 atom stereocenters. The predicted octanol–water partition coefficient (Wildman–Crippen LogP) is 3.36. The molecule has 1 aromatic carbocycles. The number of ketones is 1. The molecule has 0 aliphatic carbocycles. The van der Waals surface area contributed by atoms with Crippen molar-refractivity contribution in [2.24, 2.45) is 0 Å². The second-order valence-corrected chi connectivity index (χ2v) is 6.45. The van der Waals surface area contributed by atoms with Crippen molar-refractivity contribution in [2.75, 3.05) is 6.54 Å². The summed E-state index contributed by atoms with van der Waals surface area (Å²) < 4.78 is 1.75. The summed E-state index contributed by atoms with van der Waals surface area (Å²) in [7, 11) is 0. The quantitative estimate of drug-likeness (QED) is 0.179. The fraction of sp³-hybridized carbons (Fsp3) is 0.250. The van der Waals surface area contributed by atoms with Crippen LogP contribution in [0, 0.1) is 10.1 Å². The summed E-state index contributed by atoms with van der Waals surface area (Å²) in [4.78, 5) is 23.8. The molecular formula is C20H22N3O3S+. The maximum Gasteiger partial charge on any atom is 0.270 e. The van der Waals surface area contributed by atoms with E-state index in [9.17, 15) is 14.9 Å². The zero-order chi connectivity index (χ0) is 19.8. The van der Waals surface area contributed by atoms with E-state index in [-0.39, 0.29) is 11.5 Å². The molecule has 1 aromatic heterocycles. The summed E-state index contributed by atoms with van der Waals surface area (Å²) in [5.41, 5.74) is 1.48. The van der Waals surface area contributed by atoms with Crippen LogP contribution in [0.5, 0.6) is 0 Å². The largest absolute Gasteiger partial charge is 0.370 e. The van der Waals surface area contributed by atoms with Crippen molar-refractivity contribution in [3.63, 3.8) is 0 Å². The standard InChI is InChI=1S/C20H21N3O3S/c1-3-5-15-10-13-22(14-11-15)18(20(27)21-12-4-2)19(24)16-6-8-17(9-7-16)23(25)26/h4,6-11,13-14,18H,2-3,5,12H2,1H3/p+1/t18-/m0/s1. The second-order valence-electron chi connectivity index (χ2n) is 6.01. The lowest BCUT2D eigenvalue weighted by Crippen LogP contribution is -2.51. The lowest BCUT2D eigenvalue weighted by Gasteiger charge is -2.14. The van der Waals surface area contributed by atoms with Crippen LogP contribution in [0.1, 0.15) is 35.3 Å². The molecular weight excluding hydrogens is 362 g/mol. The Balaban J connectivity index is 2.35. The van der Waals surface area contributed by atoms with Gasteiger partial charge in [0.1, 0.15) is 0 Å². The molecule has 0 bridgehead atoms. The predicted molar refractivity (Wildman–Crippen MR) is 108 cm³/mol. The van der Waals surface area contributed by atoms with Crippen LogP contribution in [0.15, 0.2) is 61.4 Å². The summed E-state index contributed by atoms with van der Waals surface area (Å²) in [5.74, 6) is -0.236. The molecule has 1 N–H and O–H groups in total. The van der Waals surface area contributed by atoms with Crippen LogP contribution in [-0.2, 0) is 6.42 Å². The molecule has 0 amide bonds. The number of nitro benzene ring substituents is 1. The van der Waals surface area contributed by atoms with Gasteiger partial charge in [-0.25, -0.2) is 0 Å². The van der Waals surface area contributed by atoms with E-state index in [1.807, 2.05) is 24.5 Å². The van der Waals surface area contributed by atoms with Crippen LogP contribution in [0.3, 0.4) is 0 Å². The minimum absolute atomic E-state index is 0.0629. The number of thiocarbonyl (C=S) groups is 1. The van der Waals surface area contributed by atoms with Crippen LogP contribution < -0.4 is 9.88 Å². The Kier molecular flexibility index (Phi) is 7.31. The van der Waals surface area contributed by atoms with Gasteiger partial charge in [0.2, 0.25) is 5.78 Å². The monoisotopic (exact) mass is 384 g/mol. The Morgan fingerprint density at radius 2 is 1.93 bits per heavy atom. The van der Waals surface area contributed by atoms with Gasteiger partial charge in [0, 0.05) is 36.4 Å². The zero-order valence-corrected chi connectivity index (χ0v) is 15.9. The number of aryl methyl sites for hydroxylation is 1. The minimum Gasteiger partial charge on any atom is -0.370 e. The van der Waals surface area contributed by atoms with Gasteiger partial charge in [-0.2, -0.15) is 4.57 Å². The highest BCUT2D eigenvalue weighted by Crippen LogP contribution is 2.16. The van der Waals surface area contributed by atoms with Crippen LogP contribution in [-0.4, -0.2) is 22.2 Å². The van der Waals surface area contributed by atoms with Gasteiger partial charge < -0.3 is 5.32 Å². The summed E-state index contributed by atoms with van der Waals surface area (Å²) in [6, 6.07) is 8.74. The van der Waals surface area contributed by atoms with Crippen molar-refractivity contribution < 1.29 is 14.3 Å². The van der Waals surface area contributed by atoms with Crippen molar-refractivity contribution >= 4 is 28.7 Å². The topological polar surface area (TPSA) is 76.1 Å². The highest BCUT2D eigenvalue weighted by Gasteiger charge is 2.33. The smallest absolute Gasteiger partial charge is 0.270 e. The van der Waals surface area contributed by atoms with Crippen molar-refractivity contribution in [1.29, 1.82) is 0 Å². The van der Waals surface area contributed by atoms with Gasteiger partial charge in [-0.05, 0) is 24.1 Å². The number of aromatic nitrogens is 1. The number of nitrogens with one attached hydrogen (secondary N) is 1. The van der Waals surface area contributed by atoms with Crippen LogP contribution in [0.4, 0.5) is 5.69 Å². The summed E-state index contributed by atoms with van der Waals surface area (Å²) >= 11 is 5.44. The molecule has 140 valence electrons. The summed E-state index contributed by atoms with van der Waals surface area (Å²) in [6.45, 7) is 6.20. The van der Waals surface area contributed by atoms with Gasteiger partial charge in [0.15, 0.2) is 17.4 Å². The first-order valence-corrected chi connectivity index (χ1v) is 9.05. The number of pyridine rings is 1. The Morgan fingerprint density at radius 1 is 1.30 bits per heavy atom. The van der Waals surface area contributed by atoms with Gasteiger partial charge in [-0.15, -0.1) is 6.58 Å². The van der Waals surface area contributed by atoms with Crippen molar-refractivity contribution in [3.8, 4) is 0 Å². The van der Waals surface area contributed by atoms with Gasteiger partial charge in [-0.1, -0.05) is 31.6 Å². The second kappa shape index (κ2) is 9.68. The first-order chi connectivity index (χ1) is 13.0. The number of Topliss-reactive ketones (excluding diaryl/α,β-unsaturated/α-hetero) is 1. The van der Waals surface area contributed by atoms with Crippen molar-refractivity contribution in [1.82, 2.24) is 5.32 Å². The maximum absolute atomic E-state index is 13.1. The minimum atomic E-state index is -0.739. The number of nitro groups is 1. The molecule has 1 heterocycles. The molecule has 0 aliphatic rings. The third kappa shape index (κ3) is 5.27. The van der Waals surface area contributed by atoms with Gasteiger partial charge in [-0.3, -0.25) is 14.9 Å². The van der Waals surface area contributed by atoms with Gasteiger partial charge in [0.25, 0.3) is 11.7 Å². The maximum atomic E-state index is 13.1. The van der Waals surface area contributed by atoms with E-state index in [0.717, 1.165) is 12.8 Å². The van der Waals surface area contributed by atoms with Crippen LogP contribution in [0.2, 0.25) is 0 Å². The summed E-state index contributed by atoms with van der Waals surface area (Å²) in [5, 5.41) is 13.8. The molecule has 0 radical (unpaired) electrons. The molecule has 0 spiro atoms. The number of hydrogen-bond acceptors (Lipinski definition) is 4. The fourth-order valence-corrected chi connectivity index (χ4v) is 2.97. The average Bonchev–Trinajstić information content (AvgIpc) is 2.68. The number of benzene rings is 1. The number of non-ortho nitro benzene ring substituents is 1. The van der Waals surface area contributed by atoms with E-state index in [4.69, 9.17) is 12.2 Å². The van der Waals surface area contributed by atoms with E-state index >= 15 is 0 Å². The highest BCUT2D eigenvalue weighted by molar-refractivity contribution is 7.80. The van der Waals surface area contributed by atoms with E-state index < -0.39 is 11.0 Å². The first-order valence-electron chi connectivity index (χ1n) is 8.65. The van der Waals surface area contributed by atoms with E-state index in [0.29, 0.717) is 17.1 Å². The fourth-order valence-electron chi connectivity index (χ4n) is 2.66. The molecule has 0 unspecified atom stereocenters. The Hall–Kier alpha value is -2.93. The molecule has 2 aromatic rings. The average molecular weight is 384 g/mol. The number of nitrogens with zero attached hydrogens (tertiary/aromatic N) is 2. The molecule has 0 aliphatic heterocycles. The lowest BCUT2D eigenvalue weighted by atomic mass is 10.0. The van der Waals surface area contributed by atoms with Crippen molar-refractivity contribution in [3.05, 3.63) is 82.7 Å². The molecule has 0 saturated heterocycles. The molecule has 0 fully saturated rings. The molecule has 6 nitrogen and oxygen atoms in total. The molecule has 7 heteroatoms. The molecule has 27 heavy (non-hydrogen) atoms. The van der Waals surface area contributed by atoms with E-state index in [1.54, 1.807) is 10.6 Å². The third-order valence-electron chi connectivity index (χ3n) is 4.04. The number of carbonyl (C=O) groups excluding carboxylic acids is 1.